The molecule has 2 rings (SSSR count). The Balaban J connectivity index is 2.37. The van der Waals surface area contributed by atoms with Crippen molar-refractivity contribution in [2.45, 2.75) is 6.54 Å². The highest BCUT2D eigenvalue weighted by atomic mass is 16.5. The van der Waals surface area contributed by atoms with E-state index in [2.05, 4.69) is 22.4 Å². The molecular weight excluding hydrogens is 214 g/mol. The van der Waals surface area contributed by atoms with Crippen molar-refractivity contribution >= 4 is 16.6 Å². The summed E-state index contributed by atoms with van der Waals surface area (Å²) in [6.07, 6.45) is 1.83. The van der Waals surface area contributed by atoms with E-state index in [0.717, 1.165) is 28.7 Å². The van der Waals surface area contributed by atoms with Gasteiger partial charge in [-0.3, -0.25) is 0 Å². The van der Waals surface area contributed by atoms with Gasteiger partial charge in [-0.2, -0.15) is 0 Å². The van der Waals surface area contributed by atoms with Crippen LogP contribution in [0.1, 0.15) is 5.56 Å². The van der Waals surface area contributed by atoms with E-state index in [1.807, 2.05) is 18.3 Å². The molecule has 4 heteroatoms. The number of methoxy groups -OCH3 is 1. The minimum atomic E-state index is 0.506. The number of fused-ring (bicyclic) bond motifs is 1. The maximum atomic E-state index is 5.71. The number of nitrogens with zero attached hydrogens (tertiary/aromatic N) is 1. The fraction of sp³-hybridized carbons (Fsp3) is 0.308. The summed E-state index contributed by atoms with van der Waals surface area (Å²) in [6, 6.07) is 8.14. The lowest BCUT2D eigenvalue weighted by atomic mass is 10.1. The Morgan fingerprint density at radius 2 is 2.06 bits per heavy atom. The monoisotopic (exact) mass is 231 g/mol. The molecule has 17 heavy (non-hydrogen) atoms. The highest BCUT2D eigenvalue weighted by Crippen LogP contribution is 2.23. The maximum Gasteiger partial charge on any atom is 0.133 e. The fourth-order valence-corrected chi connectivity index (χ4v) is 1.83. The Kier molecular flexibility index (Phi) is 3.90. The normalized spacial score (nSPS) is 10.7. The summed E-state index contributed by atoms with van der Waals surface area (Å²) < 4.78 is 5.01. The van der Waals surface area contributed by atoms with Crippen LogP contribution in [0.5, 0.6) is 0 Å². The Bertz CT molecular complexity index is 499. The second-order valence-electron chi connectivity index (χ2n) is 3.80. The lowest BCUT2D eigenvalue weighted by Crippen LogP contribution is -2.10. The van der Waals surface area contributed by atoms with Crippen LogP contribution < -0.4 is 11.1 Å². The maximum absolute atomic E-state index is 5.71. The van der Waals surface area contributed by atoms with E-state index in [1.165, 1.54) is 0 Å². The summed E-state index contributed by atoms with van der Waals surface area (Å²) in [5.74, 6) is 0.884. The summed E-state index contributed by atoms with van der Waals surface area (Å²) >= 11 is 0. The SMILES string of the molecule is COCCNc1ncc(CN)c2ccccc12. The first-order chi connectivity index (χ1) is 8.36. The van der Waals surface area contributed by atoms with Gasteiger partial charge < -0.3 is 15.8 Å². The molecule has 0 saturated heterocycles. The molecule has 2 aromatic rings. The number of hydrogen-bond acceptors (Lipinski definition) is 4. The minimum Gasteiger partial charge on any atom is -0.383 e. The molecule has 0 amide bonds. The first kappa shape index (κ1) is 11.8. The fourth-order valence-electron chi connectivity index (χ4n) is 1.83. The molecule has 1 heterocycles. The van der Waals surface area contributed by atoms with Crippen molar-refractivity contribution in [3.8, 4) is 0 Å². The number of nitrogens with one attached hydrogen (secondary N) is 1. The van der Waals surface area contributed by atoms with Gasteiger partial charge in [0.05, 0.1) is 6.61 Å². The molecule has 0 bridgehead atoms. The van der Waals surface area contributed by atoms with Gasteiger partial charge in [-0.1, -0.05) is 24.3 Å². The zero-order valence-electron chi connectivity index (χ0n) is 9.94. The number of nitrogens with two attached hydrogens (primary N) is 1. The van der Waals surface area contributed by atoms with E-state index < -0.39 is 0 Å². The van der Waals surface area contributed by atoms with Crippen molar-refractivity contribution in [1.82, 2.24) is 4.98 Å². The van der Waals surface area contributed by atoms with Gasteiger partial charge in [0.1, 0.15) is 5.82 Å². The van der Waals surface area contributed by atoms with Crippen molar-refractivity contribution in [2.24, 2.45) is 5.73 Å². The van der Waals surface area contributed by atoms with Gasteiger partial charge in [-0.15, -0.1) is 0 Å². The smallest absolute Gasteiger partial charge is 0.133 e. The molecule has 0 aliphatic carbocycles. The lowest BCUT2D eigenvalue weighted by Gasteiger charge is -2.10. The van der Waals surface area contributed by atoms with Gasteiger partial charge in [-0.05, 0) is 10.9 Å². The molecule has 1 aromatic heterocycles. The van der Waals surface area contributed by atoms with Gasteiger partial charge in [0.2, 0.25) is 0 Å². The van der Waals surface area contributed by atoms with Crippen LogP contribution in [-0.4, -0.2) is 25.2 Å². The predicted molar refractivity (Wildman–Crippen MR) is 70.0 cm³/mol. The molecule has 4 nitrogen and oxygen atoms in total. The van der Waals surface area contributed by atoms with Crippen LogP contribution in [-0.2, 0) is 11.3 Å². The molecule has 3 N–H and O–H groups in total. The summed E-state index contributed by atoms with van der Waals surface area (Å²) in [5.41, 5.74) is 6.77. The Labute approximate surface area is 101 Å². The standard InChI is InChI=1S/C13H17N3O/c1-17-7-6-15-13-12-5-3-2-4-11(12)10(8-14)9-16-13/h2-5,9H,6-8,14H2,1H3,(H,15,16). The summed E-state index contributed by atoms with van der Waals surface area (Å²) in [6.45, 7) is 1.91. The number of benzene rings is 1. The summed E-state index contributed by atoms with van der Waals surface area (Å²) in [7, 11) is 1.69. The predicted octanol–water partition coefficient (Wildman–Crippen LogP) is 1.75. The van der Waals surface area contributed by atoms with E-state index in [0.29, 0.717) is 13.2 Å². The molecule has 0 unspecified atom stereocenters. The highest BCUT2D eigenvalue weighted by molar-refractivity contribution is 5.93. The summed E-state index contributed by atoms with van der Waals surface area (Å²) in [4.78, 5) is 4.40. The van der Waals surface area contributed by atoms with Crippen LogP contribution in [0, 0.1) is 0 Å². The van der Waals surface area contributed by atoms with Crippen molar-refractivity contribution in [2.75, 3.05) is 25.6 Å². The molecule has 0 saturated carbocycles. The van der Waals surface area contributed by atoms with Gasteiger partial charge in [-0.25, -0.2) is 4.98 Å². The lowest BCUT2D eigenvalue weighted by molar-refractivity contribution is 0.210. The van der Waals surface area contributed by atoms with Crippen molar-refractivity contribution < 1.29 is 4.74 Å². The Hall–Kier alpha value is -1.65. The second-order valence-corrected chi connectivity index (χ2v) is 3.80. The van der Waals surface area contributed by atoms with Gasteiger partial charge in [0.25, 0.3) is 0 Å². The molecule has 0 radical (unpaired) electrons. The first-order valence-corrected chi connectivity index (χ1v) is 5.66. The zero-order valence-corrected chi connectivity index (χ0v) is 9.94. The molecule has 90 valence electrons. The van der Waals surface area contributed by atoms with Crippen LogP contribution in [0.3, 0.4) is 0 Å². The molecule has 0 fully saturated rings. The van der Waals surface area contributed by atoms with E-state index in [-0.39, 0.29) is 0 Å². The molecule has 0 atom stereocenters. The number of anilines is 1. The van der Waals surface area contributed by atoms with Crippen LogP contribution in [0.4, 0.5) is 5.82 Å². The van der Waals surface area contributed by atoms with Crippen LogP contribution in [0.15, 0.2) is 30.5 Å². The number of ether oxygens (including phenoxy) is 1. The third kappa shape index (κ3) is 2.54. The average molecular weight is 231 g/mol. The largest absolute Gasteiger partial charge is 0.383 e. The molecular formula is C13H17N3O. The number of rotatable bonds is 5. The van der Waals surface area contributed by atoms with Crippen LogP contribution in [0.2, 0.25) is 0 Å². The van der Waals surface area contributed by atoms with Gasteiger partial charge in [0.15, 0.2) is 0 Å². The highest BCUT2D eigenvalue weighted by Gasteiger charge is 2.05. The van der Waals surface area contributed by atoms with E-state index >= 15 is 0 Å². The molecule has 0 spiro atoms. The van der Waals surface area contributed by atoms with E-state index in [4.69, 9.17) is 10.5 Å². The van der Waals surface area contributed by atoms with Crippen molar-refractivity contribution in [3.63, 3.8) is 0 Å². The second kappa shape index (κ2) is 5.61. The topological polar surface area (TPSA) is 60.2 Å². The zero-order chi connectivity index (χ0) is 12.1. The molecule has 0 aliphatic heterocycles. The van der Waals surface area contributed by atoms with Crippen molar-refractivity contribution in [3.05, 3.63) is 36.0 Å². The van der Waals surface area contributed by atoms with Crippen LogP contribution in [0.25, 0.3) is 10.8 Å². The number of hydrogen-bond donors (Lipinski definition) is 2. The number of aromatic nitrogens is 1. The average Bonchev–Trinajstić information content (AvgIpc) is 2.39. The van der Waals surface area contributed by atoms with Gasteiger partial charge >= 0.3 is 0 Å². The quantitative estimate of drug-likeness (QED) is 0.770. The summed E-state index contributed by atoms with van der Waals surface area (Å²) in [5, 5.41) is 5.52. The molecule has 0 aliphatic rings. The number of pyridine rings is 1. The first-order valence-electron chi connectivity index (χ1n) is 5.66. The minimum absolute atomic E-state index is 0.506. The van der Waals surface area contributed by atoms with E-state index in [9.17, 15) is 0 Å². The Morgan fingerprint density at radius 3 is 2.76 bits per heavy atom. The third-order valence-corrected chi connectivity index (χ3v) is 2.70. The van der Waals surface area contributed by atoms with Crippen molar-refractivity contribution in [1.29, 1.82) is 0 Å². The van der Waals surface area contributed by atoms with Gasteiger partial charge in [0, 0.05) is 31.8 Å². The van der Waals surface area contributed by atoms with Crippen LogP contribution >= 0.6 is 0 Å². The molecule has 1 aromatic carbocycles. The Morgan fingerprint density at radius 1 is 1.29 bits per heavy atom. The van der Waals surface area contributed by atoms with E-state index in [1.54, 1.807) is 7.11 Å². The third-order valence-electron chi connectivity index (χ3n) is 2.70.